The molecule has 0 fully saturated rings. The minimum atomic E-state index is -0.471. The maximum atomic E-state index is 3.69. The second-order valence-corrected chi connectivity index (χ2v) is 10.2. The molecule has 0 aromatic heterocycles. The van der Waals surface area contributed by atoms with Gasteiger partial charge in [-0.15, -0.1) is 29.4 Å². The van der Waals surface area contributed by atoms with E-state index in [1.165, 1.54) is 39.0 Å². The summed E-state index contributed by atoms with van der Waals surface area (Å²) in [6.07, 6.45) is 12.9. The van der Waals surface area contributed by atoms with E-state index < -0.39 is 8.41 Å². The van der Waals surface area contributed by atoms with Crippen LogP contribution in [-0.4, -0.2) is 13.6 Å². The summed E-state index contributed by atoms with van der Waals surface area (Å²) < 4.78 is 0. The van der Waals surface area contributed by atoms with Gasteiger partial charge in [0, 0.05) is 34.3 Å². The number of allylic oxidation sites excluding steroid dienone is 9. The first-order valence-electron chi connectivity index (χ1n) is 9.17. The van der Waals surface area contributed by atoms with Crippen LogP contribution in [-0.2, 0) is 25.8 Å². The van der Waals surface area contributed by atoms with Crippen LogP contribution in [0.5, 0.6) is 0 Å². The van der Waals surface area contributed by atoms with Gasteiger partial charge in [-0.1, -0.05) is 74.1 Å². The van der Waals surface area contributed by atoms with Gasteiger partial charge >= 0.3 is 0 Å². The Hall–Kier alpha value is -1.12. The van der Waals surface area contributed by atoms with Gasteiger partial charge in [-0.2, -0.15) is 11.1 Å². The minimum absolute atomic E-state index is 0. The molecule has 1 aromatic rings. The van der Waals surface area contributed by atoms with Crippen molar-refractivity contribution in [2.24, 2.45) is 5.92 Å². The zero-order valence-corrected chi connectivity index (χ0v) is 22.9. The van der Waals surface area contributed by atoms with Crippen LogP contribution in [0.4, 0.5) is 0 Å². The molecule has 0 nitrogen and oxygen atoms in total. The average molecular weight is 550 g/mol. The summed E-state index contributed by atoms with van der Waals surface area (Å²) in [6, 6.07) is 8.86. The van der Waals surface area contributed by atoms with E-state index in [-0.39, 0.29) is 40.7 Å². The second-order valence-electron chi connectivity index (χ2n) is 7.64. The molecular weight excluding hydrogens is 519 g/mol. The van der Waals surface area contributed by atoms with E-state index in [4.69, 9.17) is 0 Å². The molecule has 28 heavy (non-hydrogen) atoms. The van der Waals surface area contributed by atoms with Gasteiger partial charge in [0.05, 0.1) is 0 Å². The number of hydrogen-bond acceptors (Lipinski definition) is 0. The van der Waals surface area contributed by atoms with E-state index in [0.717, 1.165) is 0 Å². The van der Waals surface area contributed by atoms with E-state index >= 15 is 0 Å². The standard InChI is InChI=1S/C24H25Si.2CH3.Hf/c1-15-13-18-9-6-7-11-20(18)22(15)23-16(2)14-19-10-8-12-21(25(4)5)17(3)24(19)23;;;/h6-13,17,22H,1-5H3;2*1H3;/q3*-1;. The minimum Gasteiger partial charge on any atom is -0.358 e. The quantitative estimate of drug-likeness (QED) is 0.267. The Kier molecular flexibility index (Phi) is 8.53. The number of rotatable bonds is 1. The smallest absolute Gasteiger partial charge is 0.00715 e. The Morgan fingerprint density at radius 3 is 2.36 bits per heavy atom. The molecular formula is C26H31HfSi-3. The van der Waals surface area contributed by atoms with Crippen LogP contribution < -0.4 is 0 Å². The molecule has 2 unspecified atom stereocenters. The summed E-state index contributed by atoms with van der Waals surface area (Å²) in [6.45, 7) is 11.7. The van der Waals surface area contributed by atoms with Crippen LogP contribution in [0.15, 0.2) is 70.4 Å². The molecule has 0 amide bonds. The van der Waals surface area contributed by atoms with Crippen molar-refractivity contribution >= 4 is 19.7 Å². The third kappa shape index (κ3) is 3.96. The van der Waals surface area contributed by atoms with Crippen molar-refractivity contribution in [3.8, 4) is 0 Å². The molecule has 0 heterocycles. The predicted octanol–water partition coefficient (Wildman–Crippen LogP) is 6.79. The SMILES string of the molecule is CC1=[C-]C2=CC=CC(=[Si](C)C)C(C)C2=C1C1C(C)=Cc2ccccc21.[CH3-].[CH3-].[Hf]. The Morgan fingerprint density at radius 1 is 1.00 bits per heavy atom. The summed E-state index contributed by atoms with van der Waals surface area (Å²) >= 11 is 0. The van der Waals surface area contributed by atoms with Gasteiger partial charge in [0.2, 0.25) is 0 Å². The topological polar surface area (TPSA) is 0 Å². The molecule has 2 atom stereocenters. The van der Waals surface area contributed by atoms with Crippen LogP contribution in [0.1, 0.15) is 37.8 Å². The first-order chi connectivity index (χ1) is 12.0. The maximum absolute atomic E-state index is 3.69. The molecule has 0 saturated carbocycles. The molecule has 0 spiro atoms. The Bertz CT molecular complexity index is 946. The Balaban J connectivity index is 0.00000131. The molecule has 0 saturated heterocycles. The Labute approximate surface area is 192 Å². The van der Waals surface area contributed by atoms with Gasteiger partial charge in [-0.3, -0.25) is 0 Å². The van der Waals surface area contributed by atoms with Crippen LogP contribution in [0.2, 0.25) is 13.1 Å². The van der Waals surface area contributed by atoms with Gasteiger partial charge in [-0.05, 0) is 29.9 Å². The number of hydrogen-bond donors (Lipinski definition) is 0. The second kappa shape index (κ2) is 9.58. The molecule has 0 radical (unpaired) electrons. The van der Waals surface area contributed by atoms with Crippen molar-refractivity contribution in [2.75, 3.05) is 0 Å². The van der Waals surface area contributed by atoms with Crippen molar-refractivity contribution in [3.63, 3.8) is 0 Å². The molecule has 2 heteroatoms. The molecule has 4 rings (SSSR count). The van der Waals surface area contributed by atoms with Crippen molar-refractivity contribution in [2.45, 2.75) is 39.8 Å². The van der Waals surface area contributed by atoms with E-state index in [9.17, 15) is 0 Å². The summed E-state index contributed by atoms with van der Waals surface area (Å²) in [5, 5.41) is 1.62. The Morgan fingerprint density at radius 2 is 1.68 bits per heavy atom. The van der Waals surface area contributed by atoms with Crippen molar-refractivity contribution in [1.82, 2.24) is 0 Å². The molecule has 0 bridgehead atoms. The summed E-state index contributed by atoms with van der Waals surface area (Å²) in [7, 11) is -0.471. The van der Waals surface area contributed by atoms with Crippen LogP contribution in [0.25, 0.3) is 6.08 Å². The molecule has 146 valence electrons. The molecule has 3 aliphatic rings. The fourth-order valence-corrected chi connectivity index (χ4v) is 6.10. The third-order valence-electron chi connectivity index (χ3n) is 5.76. The van der Waals surface area contributed by atoms with Gasteiger partial charge in [-0.25, -0.2) is 0 Å². The van der Waals surface area contributed by atoms with E-state index in [2.05, 4.69) is 88.5 Å². The van der Waals surface area contributed by atoms with Crippen molar-refractivity contribution in [3.05, 3.63) is 102 Å². The molecule has 3 aliphatic carbocycles. The summed E-state index contributed by atoms with van der Waals surface area (Å²) in [5.74, 6) is 0.866. The van der Waals surface area contributed by atoms with E-state index in [0.29, 0.717) is 11.8 Å². The normalized spacial score (nSPS) is 21.9. The third-order valence-corrected chi connectivity index (χ3v) is 7.51. The fraction of sp³-hybridized carbons (Fsp3) is 0.269. The first kappa shape index (κ1) is 24.9. The van der Waals surface area contributed by atoms with Crippen LogP contribution in [0, 0.1) is 26.8 Å². The zero-order valence-electron chi connectivity index (χ0n) is 18.3. The van der Waals surface area contributed by atoms with Gasteiger partial charge in [0.1, 0.15) is 0 Å². The predicted molar refractivity (Wildman–Crippen MR) is 124 cm³/mol. The van der Waals surface area contributed by atoms with Crippen molar-refractivity contribution < 1.29 is 25.8 Å². The van der Waals surface area contributed by atoms with Crippen LogP contribution >= 0.6 is 0 Å². The van der Waals surface area contributed by atoms with Crippen LogP contribution in [0.3, 0.4) is 0 Å². The van der Waals surface area contributed by atoms with Gasteiger partial charge in [0.15, 0.2) is 0 Å². The monoisotopic (exact) mass is 551 g/mol. The average Bonchev–Trinajstić information content (AvgIpc) is 3.00. The summed E-state index contributed by atoms with van der Waals surface area (Å²) in [4.78, 5) is 0. The number of fused-ring (bicyclic) bond motifs is 2. The van der Waals surface area contributed by atoms with Gasteiger partial charge in [0.25, 0.3) is 0 Å². The summed E-state index contributed by atoms with van der Waals surface area (Å²) in [5.41, 5.74) is 9.91. The first-order valence-corrected chi connectivity index (χ1v) is 11.7. The number of benzene rings is 1. The fourth-order valence-electron chi connectivity index (χ4n) is 4.66. The largest absolute Gasteiger partial charge is 0.358 e. The van der Waals surface area contributed by atoms with Crippen molar-refractivity contribution in [1.29, 1.82) is 0 Å². The van der Waals surface area contributed by atoms with E-state index in [1.807, 2.05) is 0 Å². The molecule has 1 aromatic carbocycles. The van der Waals surface area contributed by atoms with E-state index in [1.54, 1.807) is 5.17 Å². The van der Waals surface area contributed by atoms with Gasteiger partial charge < -0.3 is 14.9 Å². The molecule has 0 N–H and O–H groups in total. The maximum Gasteiger partial charge on any atom is 0.00715 e. The molecule has 0 aliphatic heterocycles. The zero-order chi connectivity index (χ0) is 17.7.